The van der Waals surface area contributed by atoms with Crippen molar-refractivity contribution in [3.63, 3.8) is 0 Å². The fourth-order valence-electron chi connectivity index (χ4n) is 3.82. The topological polar surface area (TPSA) is 73.5 Å². The van der Waals surface area contributed by atoms with Crippen LogP contribution in [0.25, 0.3) is 0 Å². The molecule has 0 aromatic rings. The molecule has 21 heavy (non-hydrogen) atoms. The number of nitrogens with one attached hydrogen (secondary N) is 3. The van der Waals surface area contributed by atoms with Crippen molar-refractivity contribution in [2.45, 2.75) is 63.1 Å². The summed E-state index contributed by atoms with van der Waals surface area (Å²) in [6, 6.07) is 1.05. The Balaban J connectivity index is 1.40. The number of nitrogens with zero attached hydrogens (tertiary/aromatic N) is 1. The SMILES string of the molecule is O=C(CN1CCC2CCC(C1)N2)NC(=O)NC1CCCC1. The minimum atomic E-state index is -0.332. The first-order valence-electron chi connectivity index (χ1n) is 8.28. The van der Waals surface area contributed by atoms with Crippen LogP contribution < -0.4 is 16.0 Å². The van der Waals surface area contributed by atoms with Crippen LogP contribution in [0, 0.1) is 0 Å². The second-order valence-corrected chi connectivity index (χ2v) is 6.66. The molecule has 2 saturated heterocycles. The zero-order valence-electron chi connectivity index (χ0n) is 12.6. The maximum absolute atomic E-state index is 12.0. The van der Waals surface area contributed by atoms with Gasteiger partial charge < -0.3 is 10.6 Å². The molecule has 3 fully saturated rings. The molecule has 118 valence electrons. The highest BCUT2D eigenvalue weighted by atomic mass is 16.2. The predicted molar refractivity (Wildman–Crippen MR) is 79.9 cm³/mol. The number of amides is 3. The van der Waals surface area contributed by atoms with Gasteiger partial charge in [-0.25, -0.2) is 4.79 Å². The molecule has 2 aliphatic heterocycles. The predicted octanol–water partition coefficient (Wildman–Crippen LogP) is 0.581. The first-order chi connectivity index (χ1) is 10.2. The molecule has 3 amide bonds. The van der Waals surface area contributed by atoms with Crippen molar-refractivity contribution in [3.05, 3.63) is 0 Å². The molecule has 2 unspecified atom stereocenters. The number of urea groups is 1. The average Bonchev–Trinajstić information content (AvgIpc) is 3.02. The molecule has 3 rings (SSSR count). The smallest absolute Gasteiger partial charge is 0.321 e. The van der Waals surface area contributed by atoms with Crippen LogP contribution in [0.2, 0.25) is 0 Å². The Hall–Kier alpha value is -1.14. The van der Waals surface area contributed by atoms with E-state index in [4.69, 9.17) is 0 Å². The van der Waals surface area contributed by atoms with E-state index in [0.29, 0.717) is 18.6 Å². The molecule has 0 spiro atoms. The standard InChI is InChI=1S/C15H26N4O2/c20-14(18-15(21)17-11-3-1-2-4-11)10-19-8-7-12-5-6-13(9-19)16-12/h11-13,16H,1-10H2,(H2,17,18,20,21). The van der Waals surface area contributed by atoms with Gasteiger partial charge >= 0.3 is 6.03 Å². The highest BCUT2D eigenvalue weighted by molar-refractivity contribution is 5.95. The molecule has 1 saturated carbocycles. The summed E-state index contributed by atoms with van der Waals surface area (Å²) in [6.45, 7) is 2.17. The molecule has 2 heterocycles. The van der Waals surface area contributed by atoms with E-state index in [-0.39, 0.29) is 18.0 Å². The van der Waals surface area contributed by atoms with Gasteiger partial charge in [0.2, 0.25) is 5.91 Å². The summed E-state index contributed by atoms with van der Waals surface area (Å²) in [5, 5.41) is 8.94. The lowest BCUT2D eigenvalue weighted by atomic mass is 10.1. The zero-order valence-corrected chi connectivity index (χ0v) is 12.6. The molecule has 3 N–H and O–H groups in total. The Bertz CT molecular complexity index is 395. The molecule has 2 bridgehead atoms. The van der Waals surface area contributed by atoms with Crippen molar-refractivity contribution in [3.8, 4) is 0 Å². The molecule has 2 atom stereocenters. The Kier molecular flexibility index (Phi) is 4.75. The largest absolute Gasteiger partial charge is 0.335 e. The van der Waals surface area contributed by atoms with Crippen molar-refractivity contribution in [1.82, 2.24) is 20.9 Å². The van der Waals surface area contributed by atoms with Crippen LogP contribution >= 0.6 is 0 Å². The van der Waals surface area contributed by atoms with Crippen molar-refractivity contribution >= 4 is 11.9 Å². The van der Waals surface area contributed by atoms with Gasteiger partial charge in [-0.05, 0) is 32.1 Å². The van der Waals surface area contributed by atoms with Crippen LogP contribution in [0.4, 0.5) is 4.79 Å². The van der Waals surface area contributed by atoms with Crippen LogP contribution in [0.5, 0.6) is 0 Å². The summed E-state index contributed by atoms with van der Waals surface area (Å²) in [4.78, 5) is 25.9. The van der Waals surface area contributed by atoms with Gasteiger partial charge in [0.15, 0.2) is 0 Å². The van der Waals surface area contributed by atoms with E-state index in [1.807, 2.05) is 0 Å². The number of rotatable bonds is 3. The third kappa shape index (κ3) is 4.17. The highest BCUT2D eigenvalue weighted by Gasteiger charge is 2.30. The summed E-state index contributed by atoms with van der Waals surface area (Å²) in [5.74, 6) is -0.191. The summed E-state index contributed by atoms with van der Waals surface area (Å²) in [5.41, 5.74) is 0. The van der Waals surface area contributed by atoms with E-state index < -0.39 is 0 Å². The average molecular weight is 294 g/mol. The van der Waals surface area contributed by atoms with Crippen molar-refractivity contribution in [2.75, 3.05) is 19.6 Å². The lowest BCUT2D eigenvalue weighted by Crippen LogP contribution is -2.48. The fraction of sp³-hybridized carbons (Fsp3) is 0.867. The van der Waals surface area contributed by atoms with Crippen LogP contribution in [0.3, 0.4) is 0 Å². The second kappa shape index (κ2) is 6.75. The van der Waals surface area contributed by atoms with Crippen molar-refractivity contribution in [2.24, 2.45) is 0 Å². The van der Waals surface area contributed by atoms with Crippen LogP contribution in [-0.4, -0.2) is 54.6 Å². The summed E-state index contributed by atoms with van der Waals surface area (Å²) < 4.78 is 0. The molecule has 1 aliphatic carbocycles. The van der Waals surface area contributed by atoms with Crippen LogP contribution in [-0.2, 0) is 4.79 Å². The normalized spacial score (nSPS) is 30.1. The molecular weight excluding hydrogens is 268 g/mol. The maximum atomic E-state index is 12.0. The van der Waals surface area contributed by atoms with E-state index >= 15 is 0 Å². The van der Waals surface area contributed by atoms with Crippen LogP contribution in [0.15, 0.2) is 0 Å². The maximum Gasteiger partial charge on any atom is 0.321 e. The van der Waals surface area contributed by atoms with Gasteiger partial charge in [0.1, 0.15) is 0 Å². The molecule has 0 aromatic heterocycles. The first-order valence-corrected chi connectivity index (χ1v) is 8.28. The minimum Gasteiger partial charge on any atom is -0.335 e. The fourth-order valence-corrected chi connectivity index (χ4v) is 3.82. The molecular formula is C15H26N4O2. The van der Waals surface area contributed by atoms with E-state index in [9.17, 15) is 9.59 Å². The lowest BCUT2D eigenvalue weighted by molar-refractivity contribution is -0.121. The van der Waals surface area contributed by atoms with Gasteiger partial charge in [0, 0.05) is 31.2 Å². The first kappa shape index (κ1) is 14.8. The number of hydrogen-bond donors (Lipinski definition) is 3. The molecule has 0 radical (unpaired) electrons. The lowest BCUT2D eigenvalue weighted by Gasteiger charge is -2.23. The van der Waals surface area contributed by atoms with Gasteiger partial charge in [-0.1, -0.05) is 12.8 Å². The van der Waals surface area contributed by atoms with E-state index in [1.165, 1.54) is 25.7 Å². The highest BCUT2D eigenvalue weighted by Crippen LogP contribution is 2.20. The third-order valence-electron chi connectivity index (χ3n) is 4.92. The van der Waals surface area contributed by atoms with Crippen molar-refractivity contribution < 1.29 is 9.59 Å². The summed E-state index contributed by atoms with van der Waals surface area (Å²) in [7, 11) is 0. The quantitative estimate of drug-likeness (QED) is 0.712. The monoisotopic (exact) mass is 294 g/mol. The number of likely N-dealkylation sites (tertiary alicyclic amines) is 1. The summed E-state index contributed by atoms with van der Waals surface area (Å²) in [6.07, 6.45) is 7.95. The number of carbonyl (C=O) groups is 2. The number of fused-ring (bicyclic) bond motifs is 2. The molecule has 0 aromatic carbocycles. The van der Waals surface area contributed by atoms with Crippen LogP contribution in [0.1, 0.15) is 44.9 Å². The molecule has 6 nitrogen and oxygen atoms in total. The van der Waals surface area contributed by atoms with E-state index in [0.717, 1.165) is 32.4 Å². The third-order valence-corrected chi connectivity index (χ3v) is 4.92. The van der Waals surface area contributed by atoms with E-state index in [2.05, 4.69) is 20.9 Å². The molecule has 3 aliphatic rings. The Morgan fingerprint density at radius 3 is 2.62 bits per heavy atom. The van der Waals surface area contributed by atoms with Crippen molar-refractivity contribution in [1.29, 1.82) is 0 Å². The second-order valence-electron chi connectivity index (χ2n) is 6.66. The van der Waals surface area contributed by atoms with Gasteiger partial charge in [-0.3, -0.25) is 15.0 Å². The number of carbonyl (C=O) groups excluding carboxylic acids is 2. The van der Waals surface area contributed by atoms with Gasteiger partial charge in [-0.15, -0.1) is 0 Å². The summed E-state index contributed by atoms with van der Waals surface area (Å²) >= 11 is 0. The van der Waals surface area contributed by atoms with Gasteiger partial charge in [0.05, 0.1) is 6.54 Å². The van der Waals surface area contributed by atoms with Gasteiger partial charge in [-0.2, -0.15) is 0 Å². The Labute approximate surface area is 126 Å². The Morgan fingerprint density at radius 1 is 1.05 bits per heavy atom. The zero-order chi connectivity index (χ0) is 14.7. The minimum absolute atomic E-state index is 0.191. The van der Waals surface area contributed by atoms with E-state index in [1.54, 1.807) is 0 Å². The molecule has 6 heteroatoms. The Morgan fingerprint density at radius 2 is 1.81 bits per heavy atom. The number of imide groups is 1. The number of hydrogen-bond acceptors (Lipinski definition) is 4. The van der Waals surface area contributed by atoms with Gasteiger partial charge in [0.25, 0.3) is 0 Å².